The van der Waals surface area contributed by atoms with Crippen LogP contribution in [-0.4, -0.2) is 73.2 Å². The highest BCUT2D eigenvalue weighted by Crippen LogP contribution is 2.12. The first-order valence-corrected chi connectivity index (χ1v) is 7.66. The van der Waals surface area contributed by atoms with E-state index >= 15 is 0 Å². The molecule has 1 aromatic rings. The van der Waals surface area contributed by atoms with Crippen LogP contribution in [-0.2, 0) is 16.5 Å². The molecule has 0 spiro atoms. The van der Waals surface area contributed by atoms with Gasteiger partial charge >= 0.3 is 0 Å². The number of amides is 1. The summed E-state index contributed by atoms with van der Waals surface area (Å²) in [7, 11) is 5.48. The van der Waals surface area contributed by atoms with Gasteiger partial charge in [-0.3, -0.25) is 9.59 Å². The van der Waals surface area contributed by atoms with Crippen LogP contribution in [0.3, 0.4) is 0 Å². The lowest BCUT2D eigenvalue weighted by atomic mass is 10.1. The van der Waals surface area contributed by atoms with Crippen molar-refractivity contribution in [1.82, 2.24) is 20.0 Å². The highest BCUT2D eigenvalue weighted by atomic mass is 16.5. The summed E-state index contributed by atoms with van der Waals surface area (Å²) in [6.07, 6.45) is 0.652. The molecule has 1 aliphatic rings. The van der Waals surface area contributed by atoms with Gasteiger partial charge in [-0.15, -0.1) is 0 Å². The Labute approximate surface area is 135 Å². The van der Waals surface area contributed by atoms with E-state index in [0.29, 0.717) is 19.8 Å². The quantitative estimate of drug-likeness (QED) is 0.741. The van der Waals surface area contributed by atoms with Gasteiger partial charge in [0.1, 0.15) is 5.69 Å². The fraction of sp³-hybridized carbons (Fsp3) is 0.667. The van der Waals surface area contributed by atoms with Crippen molar-refractivity contribution < 1.29 is 14.3 Å². The molecule has 2 atom stereocenters. The number of aromatic nitrogens is 2. The second-order valence-corrected chi connectivity index (χ2v) is 5.84. The summed E-state index contributed by atoms with van der Waals surface area (Å²) in [5, 5.41) is 6.84. The van der Waals surface area contributed by atoms with E-state index in [0.717, 1.165) is 17.6 Å². The summed E-state index contributed by atoms with van der Waals surface area (Å²) in [6.45, 7) is 2.45. The molecule has 2 rings (SSSR count). The average Bonchev–Trinajstić information content (AvgIpc) is 2.51. The Morgan fingerprint density at radius 2 is 2.30 bits per heavy atom. The molecule has 0 aliphatic carbocycles. The number of carbonyl (C=O) groups excluding carboxylic acids is 1. The number of ether oxygens (including phenoxy) is 2. The molecule has 1 aromatic heterocycles. The summed E-state index contributed by atoms with van der Waals surface area (Å²) in [5.41, 5.74) is -0.0582. The van der Waals surface area contributed by atoms with E-state index in [9.17, 15) is 9.59 Å². The maximum atomic E-state index is 12.3. The van der Waals surface area contributed by atoms with Gasteiger partial charge in [-0.2, -0.15) is 5.10 Å². The van der Waals surface area contributed by atoms with Crippen molar-refractivity contribution in [1.29, 1.82) is 0 Å². The number of nitrogens with zero attached hydrogens (tertiary/aromatic N) is 3. The van der Waals surface area contributed by atoms with Gasteiger partial charge in [0.25, 0.3) is 11.5 Å². The molecule has 1 aliphatic heterocycles. The number of hydrogen-bond acceptors (Lipinski definition) is 6. The largest absolute Gasteiger partial charge is 0.379 e. The third-order valence-corrected chi connectivity index (χ3v) is 3.67. The van der Waals surface area contributed by atoms with Crippen LogP contribution < -0.4 is 10.9 Å². The van der Waals surface area contributed by atoms with Gasteiger partial charge in [0.15, 0.2) is 0 Å². The lowest BCUT2D eigenvalue weighted by Gasteiger charge is -2.32. The normalized spacial score (nSPS) is 21.4. The molecule has 23 heavy (non-hydrogen) atoms. The van der Waals surface area contributed by atoms with E-state index in [1.165, 1.54) is 19.2 Å². The maximum absolute atomic E-state index is 12.3. The topological polar surface area (TPSA) is 85.7 Å². The summed E-state index contributed by atoms with van der Waals surface area (Å²) < 4.78 is 12.4. The first-order valence-electron chi connectivity index (χ1n) is 7.66. The zero-order valence-corrected chi connectivity index (χ0v) is 13.8. The minimum absolute atomic E-state index is 0.0832. The van der Waals surface area contributed by atoms with Crippen LogP contribution in [0.15, 0.2) is 16.9 Å². The predicted octanol–water partition coefficient (Wildman–Crippen LogP) is -0.754. The van der Waals surface area contributed by atoms with Crippen molar-refractivity contribution in [3.05, 3.63) is 28.2 Å². The van der Waals surface area contributed by atoms with Crippen molar-refractivity contribution in [2.45, 2.75) is 18.6 Å². The van der Waals surface area contributed by atoms with Crippen molar-refractivity contribution in [2.75, 3.05) is 40.5 Å². The molecule has 1 amide bonds. The highest BCUT2D eigenvalue weighted by molar-refractivity contribution is 5.92. The number of nitrogens with one attached hydrogen (secondary N) is 1. The van der Waals surface area contributed by atoms with E-state index in [-0.39, 0.29) is 29.3 Å². The van der Waals surface area contributed by atoms with Gasteiger partial charge in [0.05, 0.1) is 25.4 Å². The Morgan fingerprint density at radius 3 is 3.00 bits per heavy atom. The molecule has 128 valence electrons. The predicted molar refractivity (Wildman–Crippen MR) is 84.5 cm³/mol. The van der Waals surface area contributed by atoms with Gasteiger partial charge in [-0.1, -0.05) is 0 Å². The lowest BCUT2D eigenvalue weighted by Crippen LogP contribution is -2.51. The molecule has 2 heterocycles. The monoisotopic (exact) mass is 324 g/mol. The van der Waals surface area contributed by atoms with Crippen molar-refractivity contribution in [3.63, 3.8) is 0 Å². The second-order valence-electron chi connectivity index (χ2n) is 5.84. The standard InChI is InChI=1S/C15H24N4O4/c1-18(2)7-9-23-13-6-8-22-10-12(13)16-15(21)11-4-5-14(20)19(3)17-11/h4-5,12-13H,6-10H2,1-3H3,(H,16,21)/t12-,13+/m1/s1. The summed E-state index contributed by atoms with van der Waals surface area (Å²) in [5.74, 6) is -0.336. The fourth-order valence-corrected chi connectivity index (χ4v) is 2.30. The first-order chi connectivity index (χ1) is 11.0. The molecule has 0 radical (unpaired) electrons. The van der Waals surface area contributed by atoms with Crippen molar-refractivity contribution in [3.8, 4) is 0 Å². The van der Waals surface area contributed by atoms with Crippen LogP contribution in [0.25, 0.3) is 0 Å². The van der Waals surface area contributed by atoms with Crippen LogP contribution in [0.5, 0.6) is 0 Å². The van der Waals surface area contributed by atoms with Crippen LogP contribution in [0.2, 0.25) is 0 Å². The lowest BCUT2D eigenvalue weighted by molar-refractivity contribution is -0.0562. The van der Waals surface area contributed by atoms with Crippen molar-refractivity contribution >= 4 is 5.91 Å². The zero-order chi connectivity index (χ0) is 16.8. The van der Waals surface area contributed by atoms with Gasteiger partial charge < -0.3 is 19.7 Å². The molecular formula is C15H24N4O4. The van der Waals surface area contributed by atoms with Gasteiger partial charge in [0.2, 0.25) is 0 Å². The molecule has 0 bridgehead atoms. The molecule has 1 N–H and O–H groups in total. The SMILES string of the molecule is CN(C)CCO[C@H]1CCOC[C@H]1NC(=O)c1ccc(=O)n(C)n1. The number of hydrogen-bond donors (Lipinski definition) is 1. The molecule has 1 saturated heterocycles. The highest BCUT2D eigenvalue weighted by Gasteiger charge is 2.28. The Kier molecular flexibility index (Phi) is 6.26. The molecule has 0 aromatic carbocycles. The van der Waals surface area contributed by atoms with E-state index in [4.69, 9.17) is 9.47 Å². The Hall–Kier alpha value is -1.77. The average molecular weight is 324 g/mol. The zero-order valence-electron chi connectivity index (χ0n) is 13.8. The van der Waals surface area contributed by atoms with E-state index in [1.54, 1.807) is 0 Å². The molecular weight excluding hydrogens is 300 g/mol. The number of likely N-dealkylation sites (N-methyl/N-ethyl adjacent to an activating group) is 1. The molecule has 8 heteroatoms. The number of carbonyl (C=O) groups is 1. The van der Waals surface area contributed by atoms with E-state index < -0.39 is 0 Å². The van der Waals surface area contributed by atoms with Crippen LogP contribution in [0.1, 0.15) is 16.9 Å². The van der Waals surface area contributed by atoms with Gasteiger partial charge in [0, 0.05) is 26.3 Å². The molecule has 1 fully saturated rings. The van der Waals surface area contributed by atoms with Gasteiger partial charge in [-0.25, -0.2) is 4.68 Å². The van der Waals surface area contributed by atoms with Crippen LogP contribution >= 0.6 is 0 Å². The smallest absolute Gasteiger partial charge is 0.272 e. The third-order valence-electron chi connectivity index (χ3n) is 3.67. The summed E-state index contributed by atoms with van der Waals surface area (Å²) in [6, 6.07) is 2.52. The van der Waals surface area contributed by atoms with Crippen molar-refractivity contribution in [2.24, 2.45) is 7.05 Å². The molecule has 0 saturated carbocycles. The summed E-state index contributed by atoms with van der Waals surface area (Å²) >= 11 is 0. The number of rotatable bonds is 6. The molecule has 8 nitrogen and oxygen atoms in total. The second kappa shape index (κ2) is 8.19. The minimum Gasteiger partial charge on any atom is -0.379 e. The van der Waals surface area contributed by atoms with E-state index in [2.05, 4.69) is 10.4 Å². The number of aryl methyl sites for hydroxylation is 1. The van der Waals surface area contributed by atoms with Crippen LogP contribution in [0.4, 0.5) is 0 Å². The molecule has 0 unspecified atom stereocenters. The Morgan fingerprint density at radius 1 is 1.52 bits per heavy atom. The van der Waals surface area contributed by atoms with E-state index in [1.807, 2.05) is 19.0 Å². The van der Waals surface area contributed by atoms with Crippen LogP contribution in [0, 0.1) is 0 Å². The Balaban J connectivity index is 1.96. The Bertz CT molecular complexity index is 587. The third kappa shape index (κ3) is 5.12. The fourth-order valence-electron chi connectivity index (χ4n) is 2.30. The first kappa shape index (κ1) is 17.6. The minimum atomic E-state index is -0.336. The summed E-state index contributed by atoms with van der Waals surface area (Å²) in [4.78, 5) is 25.7. The maximum Gasteiger partial charge on any atom is 0.272 e. The van der Waals surface area contributed by atoms with Gasteiger partial charge in [-0.05, 0) is 26.6 Å².